The van der Waals surface area contributed by atoms with Crippen LogP contribution in [0.5, 0.6) is 0 Å². The van der Waals surface area contributed by atoms with Crippen LogP contribution in [-0.2, 0) is 21.2 Å². The Kier molecular flexibility index (Phi) is 8.57. The molecule has 0 unspecified atom stereocenters. The first-order chi connectivity index (χ1) is 15.7. The van der Waals surface area contributed by atoms with Crippen molar-refractivity contribution in [3.63, 3.8) is 0 Å². The SMILES string of the molecule is C[C@H](CNS(=O)(=O)c1ccc([N+](=O)[O-])cc1)C[C@@H](Cc1ccccc1)C(=O)NC1CCCC1. The standard InChI is InChI=1S/C24H31N3O5S/c1-18(17-25-33(31,32)23-13-11-22(12-14-23)27(29)30)15-20(16-19-7-3-2-4-8-19)24(28)26-21-9-5-6-10-21/h2-4,7-8,11-14,18,20-21,25H,5-6,9-10,15-17H2,1H3,(H,26,28)/t18-,20-/m0/s1. The number of nitrogens with one attached hydrogen (secondary N) is 2. The number of nitrogens with zero attached hydrogens (tertiary/aromatic N) is 1. The fourth-order valence-corrected chi connectivity index (χ4v) is 5.39. The maximum absolute atomic E-state index is 13.0. The highest BCUT2D eigenvalue weighted by Crippen LogP contribution is 2.22. The van der Waals surface area contributed by atoms with Crippen LogP contribution < -0.4 is 10.0 Å². The number of amides is 1. The van der Waals surface area contributed by atoms with E-state index in [1.807, 2.05) is 37.3 Å². The molecule has 1 amide bonds. The van der Waals surface area contributed by atoms with Gasteiger partial charge in [0, 0.05) is 30.6 Å². The van der Waals surface area contributed by atoms with Gasteiger partial charge in [0.25, 0.3) is 5.69 Å². The average Bonchev–Trinajstić information content (AvgIpc) is 3.31. The van der Waals surface area contributed by atoms with Gasteiger partial charge in [0.15, 0.2) is 0 Å². The smallest absolute Gasteiger partial charge is 0.269 e. The second kappa shape index (κ2) is 11.4. The number of non-ortho nitro benzene ring substituents is 1. The molecular formula is C24H31N3O5S. The highest BCUT2D eigenvalue weighted by Gasteiger charge is 2.26. The minimum absolute atomic E-state index is 0.0239. The number of nitro benzene ring substituents is 1. The Bertz CT molecular complexity index is 1040. The molecule has 33 heavy (non-hydrogen) atoms. The molecule has 0 aliphatic heterocycles. The molecule has 9 heteroatoms. The van der Waals surface area contributed by atoms with Gasteiger partial charge in [-0.1, -0.05) is 50.1 Å². The van der Waals surface area contributed by atoms with Gasteiger partial charge in [0.1, 0.15) is 0 Å². The summed E-state index contributed by atoms with van der Waals surface area (Å²) in [5.41, 5.74) is 0.905. The molecule has 0 saturated heterocycles. The van der Waals surface area contributed by atoms with Crippen LogP contribution in [0, 0.1) is 22.0 Å². The predicted molar refractivity (Wildman–Crippen MR) is 126 cm³/mol. The van der Waals surface area contributed by atoms with E-state index in [0.717, 1.165) is 31.2 Å². The van der Waals surface area contributed by atoms with Crippen molar-refractivity contribution < 1.29 is 18.1 Å². The highest BCUT2D eigenvalue weighted by atomic mass is 32.2. The van der Waals surface area contributed by atoms with Crippen LogP contribution in [0.1, 0.15) is 44.6 Å². The van der Waals surface area contributed by atoms with E-state index in [2.05, 4.69) is 10.0 Å². The highest BCUT2D eigenvalue weighted by molar-refractivity contribution is 7.89. The largest absolute Gasteiger partial charge is 0.353 e. The Morgan fingerprint density at radius 2 is 1.73 bits per heavy atom. The maximum Gasteiger partial charge on any atom is 0.269 e. The first kappa shape index (κ1) is 24.9. The number of hydrogen-bond donors (Lipinski definition) is 2. The third kappa shape index (κ3) is 7.36. The second-order valence-corrected chi connectivity index (χ2v) is 10.6. The first-order valence-electron chi connectivity index (χ1n) is 11.3. The number of carbonyl (C=O) groups is 1. The van der Waals surface area contributed by atoms with E-state index in [9.17, 15) is 23.3 Å². The zero-order chi connectivity index (χ0) is 23.8. The zero-order valence-electron chi connectivity index (χ0n) is 18.8. The molecule has 2 aromatic rings. The molecule has 1 fully saturated rings. The maximum atomic E-state index is 13.0. The van der Waals surface area contributed by atoms with E-state index in [0.29, 0.717) is 12.8 Å². The van der Waals surface area contributed by atoms with E-state index in [4.69, 9.17) is 0 Å². The molecule has 8 nitrogen and oxygen atoms in total. The molecular weight excluding hydrogens is 442 g/mol. The molecule has 0 radical (unpaired) electrons. The van der Waals surface area contributed by atoms with E-state index in [-0.39, 0.29) is 40.9 Å². The van der Waals surface area contributed by atoms with Gasteiger partial charge < -0.3 is 5.32 Å². The van der Waals surface area contributed by atoms with Crippen molar-refractivity contribution in [1.29, 1.82) is 0 Å². The second-order valence-electron chi connectivity index (χ2n) is 8.82. The molecule has 1 aliphatic carbocycles. The van der Waals surface area contributed by atoms with Crippen molar-refractivity contribution in [1.82, 2.24) is 10.0 Å². The van der Waals surface area contributed by atoms with Crippen molar-refractivity contribution >= 4 is 21.6 Å². The molecule has 2 aromatic carbocycles. The van der Waals surface area contributed by atoms with Crippen molar-refractivity contribution in [2.45, 2.75) is 56.4 Å². The number of sulfonamides is 1. The lowest BCUT2D eigenvalue weighted by molar-refractivity contribution is -0.384. The summed E-state index contributed by atoms with van der Waals surface area (Å²) in [5, 5.41) is 14.0. The first-order valence-corrected chi connectivity index (χ1v) is 12.8. The van der Waals surface area contributed by atoms with Crippen LogP contribution in [-0.4, -0.2) is 31.8 Å². The lowest BCUT2D eigenvalue weighted by Crippen LogP contribution is -2.39. The zero-order valence-corrected chi connectivity index (χ0v) is 19.6. The summed E-state index contributed by atoms with van der Waals surface area (Å²) in [7, 11) is -3.80. The molecule has 2 N–H and O–H groups in total. The summed E-state index contributed by atoms with van der Waals surface area (Å²) in [6.45, 7) is 2.08. The van der Waals surface area contributed by atoms with E-state index in [1.165, 1.54) is 24.3 Å². The lowest BCUT2D eigenvalue weighted by Gasteiger charge is -2.23. The van der Waals surface area contributed by atoms with Gasteiger partial charge >= 0.3 is 0 Å². The van der Waals surface area contributed by atoms with Crippen molar-refractivity contribution in [2.75, 3.05) is 6.54 Å². The van der Waals surface area contributed by atoms with Crippen LogP contribution >= 0.6 is 0 Å². The summed E-state index contributed by atoms with van der Waals surface area (Å²) in [6, 6.07) is 14.8. The van der Waals surface area contributed by atoms with Crippen LogP contribution in [0.15, 0.2) is 59.5 Å². The van der Waals surface area contributed by atoms with E-state index >= 15 is 0 Å². The Labute approximate surface area is 195 Å². The third-order valence-electron chi connectivity index (χ3n) is 6.06. The van der Waals surface area contributed by atoms with Gasteiger partial charge in [-0.3, -0.25) is 14.9 Å². The summed E-state index contributed by atoms with van der Waals surface area (Å²) in [6.07, 6.45) is 5.42. The summed E-state index contributed by atoms with van der Waals surface area (Å²) in [5.74, 6) is -0.316. The molecule has 3 rings (SSSR count). The topological polar surface area (TPSA) is 118 Å². The molecule has 0 heterocycles. The molecule has 1 aliphatic rings. The molecule has 178 valence electrons. The minimum atomic E-state index is -3.80. The Hall–Kier alpha value is -2.78. The molecule has 2 atom stereocenters. The predicted octanol–water partition coefficient (Wildman–Crippen LogP) is 3.82. The number of rotatable bonds is 11. The normalized spacial score (nSPS) is 16.3. The molecule has 0 bridgehead atoms. The number of benzene rings is 2. The monoisotopic (exact) mass is 473 g/mol. The number of carbonyl (C=O) groups excluding carboxylic acids is 1. The van der Waals surface area contributed by atoms with Gasteiger partial charge in [0.2, 0.25) is 15.9 Å². The molecule has 0 aromatic heterocycles. The molecule has 0 spiro atoms. The average molecular weight is 474 g/mol. The van der Waals surface area contributed by atoms with Crippen molar-refractivity contribution in [2.24, 2.45) is 11.8 Å². The summed E-state index contributed by atoms with van der Waals surface area (Å²) in [4.78, 5) is 23.2. The Morgan fingerprint density at radius 3 is 2.33 bits per heavy atom. The lowest BCUT2D eigenvalue weighted by atomic mass is 9.89. The van der Waals surface area contributed by atoms with Crippen LogP contribution in [0.4, 0.5) is 5.69 Å². The summed E-state index contributed by atoms with van der Waals surface area (Å²) >= 11 is 0. The van der Waals surface area contributed by atoms with Crippen LogP contribution in [0.2, 0.25) is 0 Å². The minimum Gasteiger partial charge on any atom is -0.353 e. The van der Waals surface area contributed by atoms with Gasteiger partial charge in [-0.05, 0) is 49.3 Å². The van der Waals surface area contributed by atoms with Crippen molar-refractivity contribution in [3.05, 3.63) is 70.3 Å². The number of hydrogen-bond acceptors (Lipinski definition) is 5. The fourth-order valence-electron chi connectivity index (χ4n) is 4.22. The fraction of sp³-hybridized carbons (Fsp3) is 0.458. The Balaban J connectivity index is 1.62. The van der Waals surface area contributed by atoms with E-state index in [1.54, 1.807) is 0 Å². The Morgan fingerprint density at radius 1 is 1.09 bits per heavy atom. The van der Waals surface area contributed by atoms with Gasteiger partial charge in [0.05, 0.1) is 9.82 Å². The van der Waals surface area contributed by atoms with E-state index < -0.39 is 14.9 Å². The van der Waals surface area contributed by atoms with Crippen molar-refractivity contribution in [3.8, 4) is 0 Å². The van der Waals surface area contributed by atoms with Gasteiger partial charge in [-0.25, -0.2) is 13.1 Å². The molecule has 1 saturated carbocycles. The van der Waals surface area contributed by atoms with Crippen LogP contribution in [0.3, 0.4) is 0 Å². The third-order valence-corrected chi connectivity index (χ3v) is 7.50. The van der Waals surface area contributed by atoms with Crippen LogP contribution in [0.25, 0.3) is 0 Å². The van der Waals surface area contributed by atoms with Gasteiger partial charge in [-0.15, -0.1) is 0 Å². The quantitative estimate of drug-likeness (QED) is 0.380. The van der Waals surface area contributed by atoms with Gasteiger partial charge in [-0.2, -0.15) is 0 Å². The summed E-state index contributed by atoms with van der Waals surface area (Å²) < 4.78 is 27.8. The number of nitro groups is 1.